The zero-order valence-electron chi connectivity index (χ0n) is 10.7. The van der Waals surface area contributed by atoms with E-state index in [-0.39, 0.29) is 11.6 Å². The third-order valence-corrected chi connectivity index (χ3v) is 5.16. The van der Waals surface area contributed by atoms with E-state index in [1.165, 1.54) is 4.31 Å². The molecule has 0 amide bonds. The molecular formula is C10H19N5O2S. The summed E-state index contributed by atoms with van der Waals surface area (Å²) in [6.45, 7) is 4.41. The Hall–Kier alpha value is -0.960. The van der Waals surface area contributed by atoms with E-state index in [1.54, 1.807) is 6.92 Å². The predicted octanol–water partition coefficient (Wildman–Crippen LogP) is -0.887. The quantitative estimate of drug-likeness (QED) is 0.745. The molecule has 3 N–H and O–H groups in total. The Labute approximate surface area is 107 Å². The van der Waals surface area contributed by atoms with Crippen LogP contribution in [0.4, 0.5) is 0 Å². The summed E-state index contributed by atoms with van der Waals surface area (Å²) >= 11 is 0. The van der Waals surface area contributed by atoms with Crippen LogP contribution >= 0.6 is 0 Å². The number of sulfonamides is 1. The van der Waals surface area contributed by atoms with Gasteiger partial charge in [0.05, 0.1) is 0 Å². The Balaban J connectivity index is 2.30. The van der Waals surface area contributed by atoms with Crippen LogP contribution in [0.5, 0.6) is 0 Å². The molecule has 1 aliphatic heterocycles. The fourth-order valence-electron chi connectivity index (χ4n) is 2.03. The lowest BCUT2D eigenvalue weighted by Gasteiger charge is -2.31. The highest BCUT2D eigenvalue weighted by Crippen LogP contribution is 2.20. The summed E-state index contributed by atoms with van der Waals surface area (Å²) in [6, 6.07) is 0. The Morgan fingerprint density at radius 3 is 2.50 bits per heavy atom. The minimum Gasteiger partial charge on any atom is -0.326 e. The second-order valence-electron chi connectivity index (χ2n) is 4.54. The van der Waals surface area contributed by atoms with Gasteiger partial charge in [-0.1, -0.05) is 0 Å². The van der Waals surface area contributed by atoms with Gasteiger partial charge in [-0.2, -0.15) is 9.40 Å². The maximum absolute atomic E-state index is 12.5. The summed E-state index contributed by atoms with van der Waals surface area (Å²) in [7, 11) is -1.54. The number of nitrogens with zero attached hydrogens (tertiary/aromatic N) is 3. The molecule has 18 heavy (non-hydrogen) atoms. The molecular weight excluding hydrogens is 254 g/mol. The van der Waals surface area contributed by atoms with Crippen molar-refractivity contribution in [2.75, 3.05) is 33.2 Å². The van der Waals surface area contributed by atoms with E-state index in [4.69, 9.17) is 5.73 Å². The van der Waals surface area contributed by atoms with E-state index < -0.39 is 10.0 Å². The van der Waals surface area contributed by atoms with Crippen molar-refractivity contribution in [2.24, 2.45) is 5.73 Å². The van der Waals surface area contributed by atoms with Crippen LogP contribution in [0, 0.1) is 6.92 Å². The topological polar surface area (TPSA) is 95.3 Å². The number of hydrogen-bond donors (Lipinski definition) is 2. The number of aromatic amines is 1. The summed E-state index contributed by atoms with van der Waals surface area (Å²) in [6.07, 6.45) is 0. The average molecular weight is 273 g/mol. The first-order valence-corrected chi connectivity index (χ1v) is 7.33. The van der Waals surface area contributed by atoms with Crippen molar-refractivity contribution in [1.82, 2.24) is 19.4 Å². The highest BCUT2D eigenvalue weighted by atomic mass is 32.2. The molecule has 0 spiro atoms. The fraction of sp³-hybridized carbons (Fsp3) is 0.700. The molecule has 1 saturated heterocycles. The highest BCUT2D eigenvalue weighted by molar-refractivity contribution is 7.89. The van der Waals surface area contributed by atoms with Gasteiger partial charge in [-0.05, 0) is 14.0 Å². The van der Waals surface area contributed by atoms with Crippen LogP contribution in [0.1, 0.15) is 11.3 Å². The smallest absolute Gasteiger partial charge is 0.262 e. The van der Waals surface area contributed by atoms with Crippen molar-refractivity contribution >= 4 is 10.0 Å². The van der Waals surface area contributed by atoms with Gasteiger partial charge in [0, 0.05) is 44.0 Å². The summed E-state index contributed by atoms with van der Waals surface area (Å²) in [5.74, 6) is 0. The van der Waals surface area contributed by atoms with E-state index in [0.29, 0.717) is 24.3 Å². The van der Waals surface area contributed by atoms with Gasteiger partial charge in [0.1, 0.15) is 0 Å². The largest absolute Gasteiger partial charge is 0.326 e. The number of rotatable bonds is 3. The Morgan fingerprint density at radius 1 is 1.33 bits per heavy atom. The first-order chi connectivity index (χ1) is 8.46. The number of H-pyrrole nitrogens is 1. The number of nitrogens with one attached hydrogen (secondary N) is 1. The molecule has 0 aromatic carbocycles. The number of nitrogens with two attached hydrogens (primary N) is 1. The number of aromatic nitrogens is 2. The highest BCUT2D eigenvalue weighted by Gasteiger charge is 2.31. The lowest BCUT2D eigenvalue weighted by atomic mass is 10.3. The molecule has 102 valence electrons. The Bertz CT molecular complexity index is 516. The maximum atomic E-state index is 12.5. The van der Waals surface area contributed by atoms with Gasteiger partial charge in [-0.15, -0.1) is 0 Å². The van der Waals surface area contributed by atoms with Gasteiger partial charge in [0.15, 0.2) is 5.03 Å². The minimum atomic E-state index is -3.52. The second kappa shape index (κ2) is 4.96. The van der Waals surface area contributed by atoms with E-state index in [9.17, 15) is 8.42 Å². The fourth-order valence-corrected chi connectivity index (χ4v) is 3.63. The lowest BCUT2D eigenvalue weighted by Crippen LogP contribution is -2.47. The third-order valence-electron chi connectivity index (χ3n) is 3.29. The first-order valence-electron chi connectivity index (χ1n) is 5.89. The van der Waals surface area contributed by atoms with Crippen LogP contribution in [0.25, 0.3) is 0 Å². The van der Waals surface area contributed by atoms with E-state index >= 15 is 0 Å². The second-order valence-corrected chi connectivity index (χ2v) is 6.40. The van der Waals surface area contributed by atoms with Crippen LogP contribution in [0.3, 0.4) is 0 Å². The Kier molecular flexibility index (Phi) is 3.71. The number of piperazine rings is 1. The van der Waals surface area contributed by atoms with Crippen LogP contribution in [-0.2, 0) is 16.6 Å². The van der Waals surface area contributed by atoms with Gasteiger partial charge in [-0.3, -0.25) is 5.10 Å². The van der Waals surface area contributed by atoms with Crippen molar-refractivity contribution in [2.45, 2.75) is 18.5 Å². The van der Waals surface area contributed by atoms with Crippen molar-refractivity contribution in [3.8, 4) is 0 Å². The van der Waals surface area contributed by atoms with Crippen LogP contribution in [0.2, 0.25) is 0 Å². The molecule has 0 aliphatic carbocycles. The van der Waals surface area contributed by atoms with E-state index in [0.717, 1.165) is 13.1 Å². The summed E-state index contributed by atoms with van der Waals surface area (Å²) < 4.78 is 26.4. The molecule has 8 heteroatoms. The van der Waals surface area contributed by atoms with Crippen LogP contribution in [0.15, 0.2) is 5.03 Å². The molecule has 0 unspecified atom stereocenters. The lowest BCUT2D eigenvalue weighted by molar-refractivity contribution is 0.222. The molecule has 2 rings (SSSR count). The van der Waals surface area contributed by atoms with Gasteiger partial charge in [0.2, 0.25) is 0 Å². The zero-order valence-corrected chi connectivity index (χ0v) is 11.5. The number of hydrogen-bond acceptors (Lipinski definition) is 5. The molecule has 1 aromatic heterocycles. The van der Waals surface area contributed by atoms with E-state index in [1.807, 2.05) is 7.05 Å². The number of likely N-dealkylation sites (N-methyl/N-ethyl adjacent to an activating group) is 1. The molecule has 1 aromatic rings. The van der Waals surface area contributed by atoms with Gasteiger partial charge < -0.3 is 10.6 Å². The summed E-state index contributed by atoms with van der Waals surface area (Å²) in [4.78, 5) is 2.10. The van der Waals surface area contributed by atoms with Gasteiger partial charge >= 0.3 is 0 Å². The molecule has 1 aliphatic rings. The van der Waals surface area contributed by atoms with Crippen molar-refractivity contribution in [1.29, 1.82) is 0 Å². The molecule has 0 bridgehead atoms. The van der Waals surface area contributed by atoms with Crippen molar-refractivity contribution in [3.05, 3.63) is 11.3 Å². The molecule has 7 nitrogen and oxygen atoms in total. The van der Waals surface area contributed by atoms with Crippen molar-refractivity contribution in [3.63, 3.8) is 0 Å². The predicted molar refractivity (Wildman–Crippen MR) is 67.5 cm³/mol. The molecule has 0 saturated carbocycles. The third kappa shape index (κ3) is 2.28. The van der Waals surface area contributed by atoms with E-state index in [2.05, 4.69) is 15.1 Å². The average Bonchev–Trinajstić information content (AvgIpc) is 2.71. The summed E-state index contributed by atoms with van der Waals surface area (Å²) in [5.41, 5.74) is 6.88. The normalized spacial score (nSPS) is 19.3. The monoisotopic (exact) mass is 273 g/mol. The first kappa shape index (κ1) is 13.5. The van der Waals surface area contributed by atoms with Gasteiger partial charge in [-0.25, -0.2) is 8.42 Å². The van der Waals surface area contributed by atoms with Crippen LogP contribution < -0.4 is 5.73 Å². The van der Waals surface area contributed by atoms with Crippen LogP contribution in [-0.4, -0.2) is 61.0 Å². The minimum absolute atomic E-state index is 0.0760. The van der Waals surface area contributed by atoms with Gasteiger partial charge in [0.25, 0.3) is 10.0 Å². The zero-order chi connectivity index (χ0) is 13.3. The number of aryl methyl sites for hydroxylation is 1. The maximum Gasteiger partial charge on any atom is 0.262 e. The molecule has 1 fully saturated rings. The van der Waals surface area contributed by atoms with Crippen molar-refractivity contribution < 1.29 is 8.42 Å². The Morgan fingerprint density at radius 2 is 1.94 bits per heavy atom. The standard InChI is InChI=1S/C10H19N5O2S/c1-8-9(7-11)10(13-12-8)18(16,17)15-5-3-14(2)4-6-15/h3-7,11H2,1-2H3,(H,12,13). The summed E-state index contributed by atoms with van der Waals surface area (Å²) in [5, 5.41) is 6.68. The molecule has 0 radical (unpaired) electrons. The molecule has 0 atom stereocenters. The SMILES string of the molecule is Cc1[nH]nc(S(=O)(=O)N2CCN(C)CC2)c1CN. The molecule has 2 heterocycles.